The van der Waals surface area contributed by atoms with Crippen molar-refractivity contribution < 1.29 is 16.8 Å². The Balaban J connectivity index is 1.34. The lowest BCUT2D eigenvalue weighted by Gasteiger charge is -2.13. The van der Waals surface area contributed by atoms with Crippen LogP contribution in [-0.2, 0) is 19.7 Å². The maximum Gasteiger partial charge on any atom is 0.207 e. The molecule has 8 heteroatoms. The lowest BCUT2D eigenvalue weighted by atomic mass is 10.1. The first-order valence-corrected chi connectivity index (χ1v) is 18.1. The van der Waals surface area contributed by atoms with E-state index in [1.165, 1.54) is 0 Å². The zero-order valence-electron chi connectivity index (χ0n) is 23.1. The van der Waals surface area contributed by atoms with Gasteiger partial charge < -0.3 is 0 Å². The van der Waals surface area contributed by atoms with Gasteiger partial charge in [-0.2, -0.15) is 0 Å². The molecule has 0 aromatic heterocycles. The van der Waals surface area contributed by atoms with Crippen molar-refractivity contribution in [2.75, 3.05) is 0 Å². The summed E-state index contributed by atoms with van der Waals surface area (Å²) in [5.41, 5.74) is 4.94. The minimum Gasteiger partial charge on any atom is -0.218 e. The van der Waals surface area contributed by atoms with Crippen molar-refractivity contribution in [1.82, 2.24) is 0 Å². The molecule has 0 fully saturated rings. The van der Waals surface area contributed by atoms with Crippen molar-refractivity contribution in [2.45, 2.75) is 19.6 Å². The van der Waals surface area contributed by atoms with Crippen LogP contribution >= 0.6 is 31.9 Å². The summed E-state index contributed by atoms with van der Waals surface area (Å²) < 4.78 is 55.8. The molecule has 0 aliphatic heterocycles. The first-order valence-electron chi connectivity index (χ1n) is 13.6. The van der Waals surface area contributed by atoms with Crippen LogP contribution in [0.1, 0.15) is 0 Å². The van der Waals surface area contributed by atoms with Gasteiger partial charge in [-0.3, -0.25) is 0 Å². The molecule has 0 bridgehead atoms. The van der Waals surface area contributed by atoms with E-state index in [1.807, 2.05) is 60.7 Å². The van der Waals surface area contributed by atoms with Gasteiger partial charge in [-0.15, -0.1) is 0 Å². The van der Waals surface area contributed by atoms with Crippen molar-refractivity contribution >= 4 is 51.5 Å². The molecule has 0 amide bonds. The third kappa shape index (κ3) is 5.95. The molecule has 0 radical (unpaired) electrons. The molecule has 218 valence electrons. The van der Waals surface area contributed by atoms with E-state index in [2.05, 4.69) is 31.9 Å². The number of hydrogen-bond donors (Lipinski definition) is 0. The molecular formula is C36H24Br2O4S2. The normalized spacial score (nSPS) is 11.8. The molecule has 0 aliphatic rings. The molecule has 0 saturated heterocycles. The average molecular weight is 745 g/mol. The van der Waals surface area contributed by atoms with Gasteiger partial charge in [0.05, 0.1) is 19.6 Å². The van der Waals surface area contributed by atoms with E-state index in [4.69, 9.17) is 0 Å². The van der Waals surface area contributed by atoms with Crippen LogP contribution in [-0.4, -0.2) is 16.8 Å². The summed E-state index contributed by atoms with van der Waals surface area (Å²) in [4.78, 5) is 0.499. The summed E-state index contributed by atoms with van der Waals surface area (Å²) in [7, 11) is -7.78. The fourth-order valence-electron chi connectivity index (χ4n) is 4.95. The van der Waals surface area contributed by atoms with Gasteiger partial charge in [0, 0.05) is 8.95 Å². The van der Waals surface area contributed by atoms with Gasteiger partial charge in [0.25, 0.3) is 0 Å². The molecule has 0 atom stereocenters. The van der Waals surface area contributed by atoms with Gasteiger partial charge in [0.1, 0.15) is 0 Å². The molecule has 0 N–H and O–H groups in total. The van der Waals surface area contributed by atoms with Crippen LogP contribution in [0.5, 0.6) is 0 Å². The van der Waals surface area contributed by atoms with Gasteiger partial charge in [-0.05, 0) is 114 Å². The molecule has 44 heavy (non-hydrogen) atoms. The number of rotatable bonds is 7. The number of sulfone groups is 2. The van der Waals surface area contributed by atoms with E-state index >= 15 is 0 Å². The average Bonchev–Trinajstić information content (AvgIpc) is 3.06. The number of hydrogen-bond acceptors (Lipinski definition) is 4. The van der Waals surface area contributed by atoms with Crippen LogP contribution in [0.2, 0.25) is 0 Å². The highest BCUT2D eigenvalue weighted by Gasteiger charge is 2.24. The molecule has 0 aliphatic carbocycles. The molecular weight excluding hydrogens is 720 g/mol. The van der Waals surface area contributed by atoms with Crippen molar-refractivity contribution in [3.05, 3.63) is 155 Å². The molecule has 0 heterocycles. The third-order valence-corrected chi connectivity index (χ3v) is 12.8. The van der Waals surface area contributed by atoms with E-state index in [1.54, 1.807) is 84.9 Å². The van der Waals surface area contributed by atoms with Crippen molar-refractivity contribution in [1.29, 1.82) is 0 Å². The van der Waals surface area contributed by atoms with E-state index in [0.29, 0.717) is 20.1 Å². The van der Waals surface area contributed by atoms with Crippen molar-refractivity contribution in [3.8, 4) is 33.4 Å². The smallest absolute Gasteiger partial charge is 0.207 e. The van der Waals surface area contributed by atoms with Gasteiger partial charge in [-0.25, -0.2) is 16.8 Å². The maximum absolute atomic E-state index is 13.7. The Morgan fingerprint density at radius 1 is 0.341 bits per heavy atom. The second kappa shape index (κ2) is 12.3. The van der Waals surface area contributed by atoms with E-state index < -0.39 is 19.7 Å². The zero-order chi connectivity index (χ0) is 30.9. The molecule has 6 aromatic carbocycles. The quantitative estimate of drug-likeness (QED) is 0.163. The standard InChI is InChI=1S/C36H24Br2O4S2/c37-33-21-15-29(23-35(33)43(39,40)31-17-11-27(12-18-31)25-7-3-1-4-8-25)30-16-22-34(38)36(24-30)44(41,42)32-19-13-28(14-20-32)26-9-5-2-6-10-26/h1-24H. The predicted octanol–water partition coefficient (Wildman–Crippen LogP) is 9.88. The molecule has 4 nitrogen and oxygen atoms in total. The molecule has 0 unspecified atom stereocenters. The molecule has 0 spiro atoms. The molecule has 6 aromatic rings. The Morgan fingerprint density at radius 3 is 0.977 bits per heavy atom. The summed E-state index contributed by atoms with van der Waals surface area (Å²) in [5.74, 6) is 0. The largest absolute Gasteiger partial charge is 0.218 e. The molecule has 0 saturated carbocycles. The summed E-state index contributed by atoms with van der Waals surface area (Å²) in [6, 6.07) is 43.0. The van der Waals surface area contributed by atoms with Crippen LogP contribution < -0.4 is 0 Å². The summed E-state index contributed by atoms with van der Waals surface area (Å²) >= 11 is 6.83. The fourth-order valence-corrected chi connectivity index (χ4v) is 9.43. The van der Waals surface area contributed by atoms with Crippen LogP contribution in [0.15, 0.2) is 174 Å². The Hall–Kier alpha value is -3.82. The van der Waals surface area contributed by atoms with Gasteiger partial charge >= 0.3 is 0 Å². The Bertz CT molecular complexity index is 2020. The van der Waals surface area contributed by atoms with Crippen LogP contribution in [0.25, 0.3) is 33.4 Å². The van der Waals surface area contributed by atoms with Gasteiger partial charge in [0.2, 0.25) is 19.7 Å². The highest BCUT2D eigenvalue weighted by atomic mass is 79.9. The first kappa shape index (κ1) is 30.2. The van der Waals surface area contributed by atoms with Gasteiger partial charge in [-0.1, -0.05) is 97.1 Å². The van der Waals surface area contributed by atoms with Crippen molar-refractivity contribution in [3.63, 3.8) is 0 Å². The highest BCUT2D eigenvalue weighted by molar-refractivity contribution is 9.10. The Labute approximate surface area is 274 Å². The van der Waals surface area contributed by atoms with Gasteiger partial charge in [0.15, 0.2) is 0 Å². The van der Waals surface area contributed by atoms with E-state index in [0.717, 1.165) is 22.3 Å². The minimum atomic E-state index is -3.89. The number of benzene rings is 6. The number of halogens is 2. The second-order valence-electron chi connectivity index (χ2n) is 10.1. The Morgan fingerprint density at radius 2 is 0.636 bits per heavy atom. The van der Waals surface area contributed by atoms with E-state index in [9.17, 15) is 16.8 Å². The fraction of sp³-hybridized carbons (Fsp3) is 0. The summed E-state index contributed by atoms with van der Waals surface area (Å²) in [5, 5.41) is 0. The third-order valence-electron chi connectivity index (χ3n) is 7.32. The predicted molar refractivity (Wildman–Crippen MR) is 182 cm³/mol. The monoisotopic (exact) mass is 742 g/mol. The SMILES string of the molecule is O=S(=O)(c1ccc(-c2ccccc2)cc1)c1cc(-c2ccc(Br)c(S(=O)(=O)c3ccc(-c4ccccc4)cc3)c2)ccc1Br. The second-order valence-corrected chi connectivity index (χ2v) is 15.6. The minimum absolute atomic E-state index is 0.0892. The maximum atomic E-state index is 13.7. The Kier molecular flexibility index (Phi) is 8.44. The summed E-state index contributed by atoms with van der Waals surface area (Å²) in [6.45, 7) is 0. The van der Waals surface area contributed by atoms with Crippen molar-refractivity contribution in [2.24, 2.45) is 0 Å². The lowest BCUT2D eigenvalue weighted by Crippen LogP contribution is -2.04. The van der Waals surface area contributed by atoms with Crippen LogP contribution in [0, 0.1) is 0 Å². The lowest BCUT2D eigenvalue weighted by molar-refractivity contribution is 0.594. The van der Waals surface area contributed by atoms with Crippen LogP contribution in [0.3, 0.4) is 0 Å². The highest BCUT2D eigenvalue weighted by Crippen LogP contribution is 2.36. The van der Waals surface area contributed by atoms with E-state index in [-0.39, 0.29) is 19.6 Å². The zero-order valence-corrected chi connectivity index (χ0v) is 27.9. The summed E-state index contributed by atoms with van der Waals surface area (Å²) in [6.07, 6.45) is 0. The molecule has 6 rings (SSSR count). The van der Waals surface area contributed by atoms with Crippen LogP contribution in [0.4, 0.5) is 0 Å². The topological polar surface area (TPSA) is 68.3 Å². The first-order chi connectivity index (χ1) is 21.1.